The van der Waals surface area contributed by atoms with Crippen molar-refractivity contribution in [3.63, 3.8) is 0 Å². The van der Waals surface area contributed by atoms with E-state index in [-0.39, 0.29) is 11.2 Å². The van der Waals surface area contributed by atoms with Crippen LogP contribution in [0.3, 0.4) is 0 Å². The third-order valence-corrected chi connectivity index (χ3v) is 3.61. The maximum absolute atomic E-state index is 11.8. The number of carbonyl (C=O) groups excluding carboxylic acids is 2. The lowest BCUT2D eigenvalue weighted by molar-refractivity contribution is -0.142. The van der Waals surface area contributed by atoms with E-state index in [1.54, 1.807) is 19.1 Å². The molecule has 1 atom stereocenters. The fraction of sp³-hybridized carbons (Fsp3) is 0.429. The van der Waals surface area contributed by atoms with Crippen molar-refractivity contribution in [2.45, 2.75) is 36.8 Å². The highest BCUT2D eigenvalue weighted by atomic mass is 32.2. The Labute approximate surface area is 112 Å². The van der Waals surface area contributed by atoms with Crippen molar-refractivity contribution in [2.24, 2.45) is 0 Å². The molecule has 0 radical (unpaired) electrons. The average Bonchev–Trinajstić information content (AvgIpc) is 2.39. The molecule has 4 heteroatoms. The Balaban J connectivity index is 2.75. The van der Waals surface area contributed by atoms with Gasteiger partial charge in [-0.2, -0.15) is 0 Å². The number of ether oxygens (including phenoxy) is 1. The topological polar surface area (TPSA) is 43.4 Å². The van der Waals surface area contributed by atoms with Crippen LogP contribution in [0.5, 0.6) is 0 Å². The summed E-state index contributed by atoms with van der Waals surface area (Å²) in [6.45, 7) is 4.24. The van der Waals surface area contributed by atoms with E-state index in [2.05, 4.69) is 0 Å². The van der Waals surface area contributed by atoms with Crippen LogP contribution in [0.1, 0.15) is 37.0 Å². The molecule has 0 spiro atoms. The molecule has 1 aromatic rings. The SMILES string of the molecule is CCCC(Sc1cccc(C=O)c1)C(=O)OCC. The van der Waals surface area contributed by atoms with Crippen LogP contribution in [-0.4, -0.2) is 24.1 Å². The summed E-state index contributed by atoms with van der Waals surface area (Å²) >= 11 is 1.46. The van der Waals surface area contributed by atoms with Gasteiger partial charge in [-0.25, -0.2) is 0 Å². The van der Waals surface area contributed by atoms with E-state index in [0.29, 0.717) is 12.2 Å². The first-order valence-electron chi connectivity index (χ1n) is 6.09. The third-order valence-electron chi connectivity index (χ3n) is 2.37. The minimum atomic E-state index is -0.197. The fourth-order valence-corrected chi connectivity index (χ4v) is 2.76. The predicted molar refractivity (Wildman–Crippen MR) is 73.0 cm³/mol. The Morgan fingerprint density at radius 1 is 1.44 bits per heavy atom. The van der Waals surface area contributed by atoms with Crippen molar-refractivity contribution in [3.8, 4) is 0 Å². The van der Waals surface area contributed by atoms with Gasteiger partial charge in [0.15, 0.2) is 0 Å². The van der Waals surface area contributed by atoms with Gasteiger partial charge in [0.1, 0.15) is 11.5 Å². The van der Waals surface area contributed by atoms with Gasteiger partial charge in [0.25, 0.3) is 0 Å². The van der Waals surface area contributed by atoms with Crippen molar-refractivity contribution in [1.29, 1.82) is 0 Å². The molecule has 3 nitrogen and oxygen atoms in total. The van der Waals surface area contributed by atoms with Crippen LogP contribution < -0.4 is 0 Å². The molecule has 0 amide bonds. The molecule has 1 rings (SSSR count). The van der Waals surface area contributed by atoms with Crippen LogP contribution in [-0.2, 0) is 9.53 Å². The van der Waals surface area contributed by atoms with Crippen molar-refractivity contribution in [1.82, 2.24) is 0 Å². The summed E-state index contributed by atoms with van der Waals surface area (Å²) in [7, 11) is 0. The van der Waals surface area contributed by atoms with Gasteiger partial charge in [-0.05, 0) is 25.5 Å². The van der Waals surface area contributed by atoms with Crippen molar-refractivity contribution < 1.29 is 14.3 Å². The lowest BCUT2D eigenvalue weighted by Crippen LogP contribution is -2.20. The molecule has 98 valence electrons. The van der Waals surface area contributed by atoms with Gasteiger partial charge in [0.05, 0.1) is 6.61 Å². The molecule has 18 heavy (non-hydrogen) atoms. The molecule has 0 fully saturated rings. The number of rotatable bonds is 7. The summed E-state index contributed by atoms with van der Waals surface area (Å²) in [5.41, 5.74) is 0.624. The third kappa shape index (κ3) is 4.53. The smallest absolute Gasteiger partial charge is 0.319 e. The summed E-state index contributed by atoms with van der Waals surface area (Å²) < 4.78 is 5.06. The van der Waals surface area contributed by atoms with Crippen molar-refractivity contribution in [3.05, 3.63) is 29.8 Å². The first kappa shape index (κ1) is 14.8. The molecule has 0 bridgehead atoms. The van der Waals surface area contributed by atoms with Crippen LogP contribution >= 0.6 is 11.8 Å². The number of benzene rings is 1. The largest absolute Gasteiger partial charge is 0.465 e. The number of hydrogen-bond donors (Lipinski definition) is 0. The Hall–Kier alpha value is -1.29. The fourth-order valence-electron chi connectivity index (χ4n) is 1.55. The maximum Gasteiger partial charge on any atom is 0.319 e. The highest BCUT2D eigenvalue weighted by Gasteiger charge is 2.20. The second kappa shape index (κ2) is 7.93. The maximum atomic E-state index is 11.8. The zero-order chi connectivity index (χ0) is 13.4. The minimum absolute atomic E-state index is 0.180. The van der Waals surface area contributed by atoms with Gasteiger partial charge in [-0.15, -0.1) is 11.8 Å². The summed E-state index contributed by atoms with van der Waals surface area (Å²) in [5.74, 6) is -0.180. The first-order chi connectivity index (χ1) is 8.71. The van der Waals surface area contributed by atoms with Crippen LogP contribution in [0.25, 0.3) is 0 Å². The number of thioether (sulfide) groups is 1. The molecular weight excluding hydrogens is 248 g/mol. The molecule has 1 aromatic carbocycles. The molecule has 0 N–H and O–H groups in total. The van der Waals surface area contributed by atoms with Crippen LogP contribution in [0.2, 0.25) is 0 Å². The summed E-state index contributed by atoms with van der Waals surface area (Å²) in [5, 5.41) is -0.197. The van der Waals surface area contributed by atoms with E-state index in [1.807, 2.05) is 19.1 Å². The van der Waals surface area contributed by atoms with Crippen LogP contribution in [0, 0.1) is 0 Å². The van der Waals surface area contributed by atoms with Gasteiger partial charge >= 0.3 is 5.97 Å². The summed E-state index contributed by atoms with van der Waals surface area (Å²) in [6, 6.07) is 7.26. The number of aldehydes is 1. The second-order valence-electron chi connectivity index (χ2n) is 3.84. The highest BCUT2D eigenvalue weighted by molar-refractivity contribution is 8.00. The Morgan fingerprint density at radius 3 is 2.83 bits per heavy atom. The lowest BCUT2D eigenvalue weighted by Gasteiger charge is -2.14. The van der Waals surface area contributed by atoms with Gasteiger partial charge in [-0.3, -0.25) is 9.59 Å². The Kier molecular flexibility index (Phi) is 6.50. The molecule has 1 unspecified atom stereocenters. The van der Waals surface area contributed by atoms with E-state index in [1.165, 1.54) is 11.8 Å². The number of esters is 1. The normalized spacial score (nSPS) is 11.9. The molecule has 0 saturated carbocycles. The zero-order valence-corrected chi connectivity index (χ0v) is 11.5. The van der Waals surface area contributed by atoms with Crippen LogP contribution in [0.4, 0.5) is 0 Å². The molecule has 0 heterocycles. The minimum Gasteiger partial charge on any atom is -0.465 e. The summed E-state index contributed by atoms with van der Waals surface area (Å²) in [6.07, 6.45) is 2.50. The van der Waals surface area contributed by atoms with Gasteiger partial charge in [0, 0.05) is 10.5 Å². The van der Waals surface area contributed by atoms with E-state index < -0.39 is 0 Å². The molecule has 0 saturated heterocycles. The molecule has 0 aliphatic heterocycles. The highest BCUT2D eigenvalue weighted by Crippen LogP contribution is 2.27. The van der Waals surface area contributed by atoms with Crippen LogP contribution in [0.15, 0.2) is 29.2 Å². The van der Waals surface area contributed by atoms with E-state index in [9.17, 15) is 9.59 Å². The molecule has 0 aliphatic rings. The summed E-state index contributed by atoms with van der Waals surface area (Å²) in [4.78, 5) is 23.4. The van der Waals surface area contributed by atoms with E-state index in [4.69, 9.17) is 4.74 Å². The number of carbonyl (C=O) groups is 2. The molecule has 0 aromatic heterocycles. The zero-order valence-electron chi connectivity index (χ0n) is 10.7. The van der Waals surface area contributed by atoms with Crippen molar-refractivity contribution >= 4 is 24.0 Å². The average molecular weight is 266 g/mol. The van der Waals surface area contributed by atoms with E-state index in [0.717, 1.165) is 24.0 Å². The van der Waals surface area contributed by atoms with Gasteiger partial charge in [0.2, 0.25) is 0 Å². The number of hydrogen-bond acceptors (Lipinski definition) is 4. The Bertz CT molecular complexity index is 404. The van der Waals surface area contributed by atoms with Gasteiger partial charge in [-0.1, -0.05) is 25.5 Å². The van der Waals surface area contributed by atoms with E-state index >= 15 is 0 Å². The first-order valence-corrected chi connectivity index (χ1v) is 6.97. The molecule has 0 aliphatic carbocycles. The quantitative estimate of drug-likeness (QED) is 0.431. The lowest BCUT2D eigenvalue weighted by atomic mass is 10.2. The standard InChI is InChI=1S/C14H18O3S/c1-3-6-13(14(16)17-4-2)18-12-8-5-7-11(9-12)10-15/h5,7-10,13H,3-4,6H2,1-2H3. The predicted octanol–water partition coefficient (Wildman–Crippen LogP) is 3.32. The monoisotopic (exact) mass is 266 g/mol. The second-order valence-corrected chi connectivity index (χ2v) is 5.11. The van der Waals surface area contributed by atoms with Crippen molar-refractivity contribution in [2.75, 3.05) is 6.61 Å². The van der Waals surface area contributed by atoms with Gasteiger partial charge < -0.3 is 4.74 Å². The Morgan fingerprint density at radius 2 is 2.22 bits per heavy atom. The molecular formula is C14H18O3S.